The molecular weight excluding hydrogens is 202 g/mol. The summed E-state index contributed by atoms with van der Waals surface area (Å²) in [6.45, 7) is 0.950. The van der Waals surface area contributed by atoms with E-state index in [1.54, 1.807) is 0 Å². The molecule has 7 nitrogen and oxygen atoms in total. The van der Waals surface area contributed by atoms with Gasteiger partial charge in [0.05, 0.1) is 13.2 Å². The van der Waals surface area contributed by atoms with Crippen LogP contribution in [-0.2, 0) is 22.7 Å². The highest BCUT2D eigenvalue weighted by Crippen LogP contribution is 2.05. The fourth-order valence-electron chi connectivity index (χ4n) is 1.03. The molecule has 1 rings (SSSR count). The van der Waals surface area contributed by atoms with E-state index < -0.39 is 11.7 Å². The first kappa shape index (κ1) is 11.3. The lowest BCUT2D eigenvalue weighted by Crippen LogP contribution is -2.31. The second kappa shape index (κ2) is 4.65. The van der Waals surface area contributed by atoms with Crippen LogP contribution < -0.4 is 0 Å². The molecule has 0 fully saturated rings. The van der Waals surface area contributed by atoms with E-state index in [1.165, 1.54) is 18.9 Å². The predicted molar refractivity (Wildman–Crippen MR) is 47.4 cm³/mol. The SMILES string of the molecule is CC(=O)C(=O)N(C)Cc1nonc1CO. The fourth-order valence-corrected chi connectivity index (χ4v) is 1.03. The smallest absolute Gasteiger partial charge is 0.289 e. The van der Waals surface area contributed by atoms with Crippen LogP contribution in [0, 0.1) is 0 Å². The number of carbonyl (C=O) groups is 2. The van der Waals surface area contributed by atoms with Gasteiger partial charge in [-0.3, -0.25) is 9.59 Å². The largest absolute Gasteiger partial charge is 0.390 e. The number of hydrogen-bond donors (Lipinski definition) is 1. The second-order valence-corrected chi connectivity index (χ2v) is 3.03. The zero-order valence-corrected chi connectivity index (χ0v) is 8.43. The lowest BCUT2D eigenvalue weighted by molar-refractivity contribution is -0.143. The van der Waals surface area contributed by atoms with Crippen molar-refractivity contribution in [3.63, 3.8) is 0 Å². The average molecular weight is 213 g/mol. The molecule has 7 heteroatoms. The van der Waals surface area contributed by atoms with E-state index in [9.17, 15) is 9.59 Å². The molecule has 1 aromatic heterocycles. The number of hydrogen-bond acceptors (Lipinski definition) is 6. The van der Waals surface area contributed by atoms with Gasteiger partial charge >= 0.3 is 0 Å². The molecule has 0 aliphatic rings. The van der Waals surface area contributed by atoms with Gasteiger partial charge in [-0.1, -0.05) is 10.3 Å². The number of likely N-dealkylation sites (N-methyl/N-ethyl adjacent to an activating group) is 1. The maximum absolute atomic E-state index is 11.2. The zero-order valence-electron chi connectivity index (χ0n) is 8.43. The summed E-state index contributed by atoms with van der Waals surface area (Å²) < 4.78 is 4.39. The lowest BCUT2D eigenvalue weighted by atomic mass is 10.3. The first-order chi connectivity index (χ1) is 7.06. The molecule has 0 unspecified atom stereocenters. The maximum atomic E-state index is 11.2. The number of rotatable bonds is 4. The van der Waals surface area contributed by atoms with Crippen molar-refractivity contribution >= 4 is 11.7 Å². The third-order valence-corrected chi connectivity index (χ3v) is 1.82. The van der Waals surface area contributed by atoms with Crippen LogP contribution in [0.15, 0.2) is 4.63 Å². The third-order valence-electron chi connectivity index (χ3n) is 1.82. The van der Waals surface area contributed by atoms with Gasteiger partial charge in [0.1, 0.15) is 11.4 Å². The van der Waals surface area contributed by atoms with E-state index in [0.29, 0.717) is 5.69 Å². The Morgan fingerprint density at radius 1 is 1.40 bits per heavy atom. The molecule has 0 spiro atoms. The minimum absolute atomic E-state index is 0.0812. The number of amides is 1. The maximum Gasteiger partial charge on any atom is 0.289 e. The van der Waals surface area contributed by atoms with Crippen LogP contribution >= 0.6 is 0 Å². The van der Waals surface area contributed by atoms with Crippen LogP contribution in [0.25, 0.3) is 0 Å². The Kier molecular flexibility index (Phi) is 3.51. The fraction of sp³-hybridized carbons (Fsp3) is 0.500. The van der Waals surface area contributed by atoms with E-state index in [1.807, 2.05) is 0 Å². The molecule has 15 heavy (non-hydrogen) atoms. The van der Waals surface area contributed by atoms with E-state index in [-0.39, 0.29) is 18.8 Å². The van der Waals surface area contributed by atoms with Gasteiger partial charge < -0.3 is 10.0 Å². The van der Waals surface area contributed by atoms with E-state index in [2.05, 4.69) is 14.9 Å². The summed E-state index contributed by atoms with van der Waals surface area (Å²) >= 11 is 0. The van der Waals surface area contributed by atoms with Crippen molar-refractivity contribution in [3.8, 4) is 0 Å². The number of nitrogens with zero attached hydrogens (tertiary/aromatic N) is 3. The first-order valence-electron chi connectivity index (χ1n) is 4.23. The Bertz CT molecular complexity index is 374. The van der Waals surface area contributed by atoms with Gasteiger partial charge in [-0.25, -0.2) is 4.63 Å². The van der Waals surface area contributed by atoms with Crippen molar-refractivity contribution in [1.82, 2.24) is 15.2 Å². The highest BCUT2D eigenvalue weighted by molar-refractivity contribution is 6.34. The Morgan fingerprint density at radius 3 is 2.53 bits per heavy atom. The van der Waals surface area contributed by atoms with Crippen molar-refractivity contribution in [2.24, 2.45) is 0 Å². The summed E-state index contributed by atoms with van der Waals surface area (Å²) in [6.07, 6.45) is 0. The second-order valence-electron chi connectivity index (χ2n) is 3.03. The lowest BCUT2D eigenvalue weighted by Gasteiger charge is -2.13. The Morgan fingerprint density at radius 2 is 2.00 bits per heavy atom. The summed E-state index contributed by atoms with van der Waals surface area (Å²) in [5.41, 5.74) is 0.604. The van der Waals surface area contributed by atoms with Crippen molar-refractivity contribution in [1.29, 1.82) is 0 Å². The van der Waals surface area contributed by atoms with E-state index >= 15 is 0 Å². The molecule has 0 bridgehead atoms. The van der Waals surface area contributed by atoms with E-state index in [4.69, 9.17) is 5.11 Å². The molecule has 1 amide bonds. The number of carbonyl (C=O) groups excluding carboxylic acids is 2. The Balaban J connectivity index is 2.70. The highest BCUT2D eigenvalue weighted by Gasteiger charge is 2.17. The first-order valence-corrected chi connectivity index (χ1v) is 4.23. The third kappa shape index (κ3) is 2.59. The highest BCUT2D eigenvalue weighted by atomic mass is 16.6. The average Bonchev–Trinajstić information content (AvgIpc) is 2.63. The monoisotopic (exact) mass is 213 g/mol. The quantitative estimate of drug-likeness (QED) is 0.651. The van der Waals surface area contributed by atoms with Gasteiger partial charge in [0.2, 0.25) is 5.78 Å². The van der Waals surface area contributed by atoms with Crippen LogP contribution in [0.2, 0.25) is 0 Å². The van der Waals surface area contributed by atoms with Crippen LogP contribution in [0.1, 0.15) is 18.3 Å². The number of aliphatic hydroxyl groups is 1. The summed E-state index contributed by atoms with van der Waals surface area (Å²) in [5, 5.41) is 15.8. The molecule has 1 heterocycles. The van der Waals surface area contributed by atoms with Crippen molar-refractivity contribution in [2.45, 2.75) is 20.1 Å². The van der Waals surface area contributed by atoms with Crippen LogP contribution in [-0.4, -0.2) is 39.1 Å². The number of ketones is 1. The molecule has 0 atom stereocenters. The van der Waals surface area contributed by atoms with Crippen LogP contribution in [0.3, 0.4) is 0 Å². The Labute approximate surface area is 85.6 Å². The Hall–Kier alpha value is -1.76. The van der Waals surface area contributed by atoms with Gasteiger partial charge in [0.25, 0.3) is 5.91 Å². The predicted octanol–water partition coefficient (Wildman–Crippen LogP) is -0.891. The van der Waals surface area contributed by atoms with Crippen molar-refractivity contribution in [2.75, 3.05) is 7.05 Å². The van der Waals surface area contributed by atoms with Crippen LogP contribution in [0.5, 0.6) is 0 Å². The molecule has 0 radical (unpaired) electrons. The van der Waals surface area contributed by atoms with Gasteiger partial charge in [-0.2, -0.15) is 0 Å². The molecule has 0 aliphatic heterocycles. The number of aromatic nitrogens is 2. The summed E-state index contributed by atoms with van der Waals surface area (Å²) in [4.78, 5) is 23.2. The van der Waals surface area contributed by atoms with Gasteiger partial charge in [0.15, 0.2) is 0 Å². The van der Waals surface area contributed by atoms with Gasteiger partial charge in [-0.05, 0) is 0 Å². The molecule has 0 aromatic carbocycles. The van der Waals surface area contributed by atoms with Gasteiger partial charge in [-0.15, -0.1) is 0 Å². The topological polar surface area (TPSA) is 96.5 Å². The standard InChI is InChI=1S/C8H11N3O4/c1-5(13)8(14)11(2)3-6-7(4-12)10-15-9-6/h12H,3-4H2,1-2H3. The van der Waals surface area contributed by atoms with Crippen molar-refractivity contribution in [3.05, 3.63) is 11.4 Å². The minimum atomic E-state index is -0.623. The van der Waals surface area contributed by atoms with E-state index in [0.717, 1.165) is 0 Å². The molecule has 0 saturated carbocycles. The zero-order chi connectivity index (χ0) is 11.4. The molecule has 0 saturated heterocycles. The molecule has 1 N–H and O–H groups in total. The molecular formula is C8H11N3O4. The minimum Gasteiger partial charge on any atom is -0.390 e. The summed E-state index contributed by atoms with van der Waals surface area (Å²) in [5.74, 6) is -1.18. The normalized spacial score (nSPS) is 10.1. The summed E-state index contributed by atoms with van der Waals surface area (Å²) in [7, 11) is 1.46. The van der Waals surface area contributed by atoms with Crippen molar-refractivity contribution < 1.29 is 19.3 Å². The molecule has 0 aliphatic carbocycles. The summed E-state index contributed by atoms with van der Waals surface area (Å²) in [6, 6.07) is 0. The van der Waals surface area contributed by atoms with Gasteiger partial charge in [0, 0.05) is 14.0 Å². The number of aliphatic hydroxyl groups excluding tert-OH is 1. The number of Topliss-reactive ketones (excluding diaryl/α,β-unsaturated/α-hetero) is 1. The molecule has 82 valence electrons. The molecule has 1 aromatic rings. The van der Waals surface area contributed by atoms with Crippen LogP contribution in [0.4, 0.5) is 0 Å².